The lowest BCUT2D eigenvalue weighted by molar-refractivity contribution is -0.137. The predicted octanol–water partition coefficient (Wildman–Crippen LogP) is 5.14. The molecule has 0 saturated heterocycles. The van der Waals surface area contributed by atoms with E-state index in [0.717, 1.165) is 29.0 Å². The van der Waals surface area contributed by atoms with E-state index < -0.39 is 11.7 Å². The number of alkyl halides is 3. The van der Waals surface area contributed by atoms with Crippen LogP contribution in [0.2, 0.25) is 0 Å². The van der Waals surface area contributed by atoms with Gasteiger partial charge in [-0.1, -0.05) is 42.5 Å². The van der Waals surface area contributed by atoms with E-state index in [1.54, 1.807) is 6.20 Å². The van der Waals surface area contributed by atoms with E-state index in [-0.39, 0.29) is 0 Å². The first kappa shape index (κ1) is 15.2. The Hall–Kier alpha value is -2.69. The highest BCUT2D eigenvalue weighted by Gasteiger charge is 2.30. The fraction of sp³-hybridized carbons (Fsp3) is 0.111. The molecule has 0 bridgehead atoms. The summed E-state index contributed by atoms with van der Waals surface area (Å²) in [6.07, 6.45) is -2.69. The van der Waals surface area contributed by atoms with Gasteiger partial charge in [-0.3, -0.25) is 0 Å². The van der Waals surface area contributed by atoms with Crippen molar-refractivity contribution < 1.29 is 13.2 Å². The summed E-state index contributed by atoms with van der Waals surface area (Å²) in [4.78, 5) is 8.78. The molecule has 116 valence electrons. The molecule has 0 saturated carbocycles. The fourth-order valence-electron chi connectivity index (χ4n) is 2.32. The zero-order valence-corrected chi connectivity index (χ0v) is 12.3. The Morgan fingerprint density at radius 2 is 1.48 bits per heavy atom. The van der Waals surface area contributed by atoms with E-state index in [4.69, 9.17) is 0 Å². The molecule has 0 radical (unpaired) electrons. The van der Waals surface area contributed by atoms with Crippen LogP contribution in [0.5, 0.6) is 0 Å². The maximum absolute atomic E-state index is 12.6. The molecular weight excluding hydrogens is 301 g/mol. The van der Waals surface area contributed by atoms with E-state index in [1.807, 2.05) is 37.3 Å². The van der Waals surface area contributed by atoms with Crippen LogP contribution in [0.3, 0.4) is 0 Å². The second-order valence-corrected chi connectivity index (χ2v) is 5.13. The normalized spacial score (nSPS) is 11.5. The number of rotatable bonds is 2. The van der Waals surface area contributed by atoms with Gasteiger partial charge in [0.1, 0.15) is 0 Å². The molecule has 1 aromatic heterocycles. The number of aromatic nitrogens is 2. The maximum atomic E-state index is 12.6. The molecule has 0 aliphatic heterocycles. The van der Waals surface area contributed by atoms with Crippen LogP contribution in [0, 0.1) is 6.92 Å². The first-order chi connectivity index (χ1) is 10.9. The third-order valence-corrected chi connectivity index (χ3v) is 3.53. The van der Waals surface area contributed by atoms with Crippen molar-refractivity contribution in [2.24, 2.45) is 0 Å². The predicted molar refractivity (Wildman–Crippen MR) is 82.6 cm³/mol. The molecule has 1 heterocycles. The Bertz CT molecular complexity index is 810. The first-order valence-corrected chi connectivity index (χ1v) is 7.02. The minimum Gasteiger partial charge on any atom is -0.236 e. The molecular formula is C18H13F3N2. The summed E-state index contributed by atoms with van der Waals surface area (Å²) < 4.78 is 37.9. The van der Waals surface area contributed by atoms with Crippen LogP contribution in [0.4, 0.5) is 13.2 Å². The van der Waals surface area contributed by atoms with E-state index >= 15 is 0 Å². The average molecular weight is 314 g/mol. The minimum absolute atomic E-state index is 0.596. The summed E-state index contributed by atoms with van der Waals surface area (Å²) in [7, 11) is 0. The molecule has 0 fully saturated rings. The van der Waals surface area contributed by atoms with E-state index in [2.05, 4.69) is 9.97 Å². The largest absolute Gasteiger partial charge is 0.416 e. The van der Waals surface area contributed by atoms with Crippen LogP contribution >= 0.6 is 0 Å². The van der Waals surface area contributed by atoms with Crippen molar-refractivity contribution in [3.05, 3.63) is 72.1 Å². The highest BCUT2D eigenvalue weighted by Crippen LogP contribution is 2.31. The molecule has 0 N–H and O–H groups in total. The summed E-state index contributed by atoms with van der Waals surface area (Å²) in [5.74, 6) is 0.596. The number of hydrogen-bond donors (Lipinski definition) is 0. The molecule has 2 nitrogen and oxygen atoms in total. The molecule has 0 aliphatic carbocycles. The third kappa shape index (κ3) is 3.23. The van der Waals surface area contributed by atoms with E-state index in [0.29, 0.717) is 11.4 Å². The monoisotopic (exact) mass is 314 g/mol. The Kier molecular flexibility index (Phi) is 3.86. The van der Waals surface area contributed by atoms with Crippen LogP contribution in [0.25, 0.3) is 22.5 Å². The second kappa shape index (κ2) is 5.83. The van der Waals surface area contributed by atoms with Crippen LogP contribution in [-0.4, -0.2) is 9.97 Å². The summed E-state index contributed by atoms with van der Waals surface area (Å²) in [6.45, 7) is 1.82. The van der Waals surface area contributed by atoms with Gasteiger partial charge in [-0.2, -0.15) is 13.2 Å². The van der Waals surface area contributed by atoms with Crippen LogP contribution in [0.15, 0.2) is 60.8 Å². The van der Waals surface area contributed by atoms with Crippen LogP contribution < -0.4 is 0 Å². The van der Waals surface area contributed by atoms with Gasteiger partial charge in [0.2, 0.25) is 0 Å². The molecule has 5 heteroatoms. The Morgan fingerprint density at radius 3 is 2.04 bits per heavy atom. The zero-order valence-electron chi connectivity index (χ0n) is 12.3. The SMILES string of the molecule is Cc1nc(-c2ccccc2)ncc1-c1ccc(C(F)(F)F)cc1. The van der Waals surface area contributed by atoms with Gasteiger partial charge in [-0.05, 0) is 24.6 Å². The fourth-order valence-corrected chi connectivity index (χ4v) is 2.32. The van der Waals surface area contributed by atoms with Crippen molar-refractivity contribution in [1.29, 1.82) is 0 Å². The lowest BCUT2D eigenvalue weighted by Gasteiger charge is -2.10. The molecule has 2 aromatic carbocycles. The second-order valence-electron chi connectivity index (χ2n) is 5.13. The van der Waals surface area contributed by atoms with Crippen molar-refractivity contribution in [1.82, 2.24) is 9.97 Å². The molecule has 0 atom stereocenters. The third-order valence-electron chi connectivity index (χ3n) is 3.53. The van der Waals surface area contributed by atoms with Crippen LogP contribution in [-0.2, 0) is 6.18 Å². The lowest BCUT2D eigenvalue weighted by Crippen LogP contribution is -2.04. The smallest absolute Gasteiger partial charge is 0.236 e. The van der Waals surface area contributed by atoms with Crippen molar-refractivity contribution in [3.8, 4) is 22.5 Å². The Labute approximate surface area is 131 Å². The molecule has 3 rings (SSSR count). The van der Waals surface area contributed by atoms with Gasteiger partial charge in [0.05, 0.1) is 5.56 Å². The van der Waals surface area contributed by atoms with E-state index in [9.17, 15) is 13.2 Å². The van der Waals surface area contributed by atoms with Gasteiger partial charge >= 0.3 is 6.18 Å². The van der Waals surface area contributed by atoms with Crippen molar-refractivity contribution in [2.75, 3.05) is 0 Å². The molecule has 0 unspecified atom stereocenters. The molecule has 0 spiro atoms. The van der Waals surface area contributed by atoms with Gasteiger partial charge in [0, 0.05) is 23.0 Å². The van der Waals surface area contributed by atoms with Crippen molar-refractivity contribution >= 4 is 0 Å². The summed E-state index contributed by atoms with van der Waals surface area (Å²) in [5.41, 5.74) is 2.34. The topological polar surface area (TPSA) is 25.8 Å². The summed E-state index contributed by atoms with van der Waals surface area (Å²) in [6, 6.07) is 14.6. The number of benzene rings is 2. The first-order valence-electron chi connectivity index (χ1n) is 7.02. The summed E-state index contributed by atoms with van der Waals surface area (Å²) in [5, 5.41) is 0. The van der Waals surface area contributed by atoms with Crippen molar-refractivity contribution in [3.63, 3.8) is 0 Å². The molecule has 0 aliphatic rings. The lowest BCUT2D eigenvalue weighted by atomic mass is 10.0. The van der Waals surface area contributed by atoms with Gasteiger partial charge in [-0.25, -0.2) is 9.97 Å². The highest BCUT2D eigenvalue weighted by atomic mass is 19.4. The van der Waals surface area contributed by atoms with E-state index in [1.165, 1.54) is 12.1 Å². The molecule has 0 amide bonds. The van der Waals surface area contributed by atoms with Gasteiger partial charge < -0.3 is 0 Å². The number of hydrogen-bond acceptors (Lipinski definition) is 2. The number of halogens is 3. The average Bonchev–Trinajstić information content (AvgIpc) is 2.55. The molecule has 23 heavy (non-hydrogen) atoms. The van der Waals surface area contributed by atoms with Crippen molar-refractivity contribution in [2.45, 2.75) is 13.1 Å². The Morgan fingerprint density at radius 1 is 0.826 bits per heavy atom. The van der Waals surface area contributed by atoms with Gasteiger partial charge in [0.15, 0.2) is 5.82 Å². The standard InChI is InChI=1S/C18H13F3N2/c1-12-16(13-7-9-15(10-8-13)18(19,20)21)11-22-17(23-12)14-5-3-2-4-6-14/h2-11H,1H3. The Balaban J connectivity index is 1.95. The maximum Gasteiger partial charge on any atom is 0.416 e. The van der Waals surface area contributed by atoms with Gasteiger partial charge in [-0.15, -0.1) is 0 Å². The quantitative estimate of drug-likeness (QED) is 0.654. The van der Waals surface area contributed by atoms with Crippen LogP contribution in [0.1, 0.15) is 11.3 Å². The molecule has 3 aromatic rings. The number of aryl methyl sites for hydroxylation is 1. The van der Waals surface area contributed by atoms with Gasteiger partial charge in [0.25, 0.3) is 0 Å². The number of nitrogens with zero attached hydrogens (tertiary/aromatic N) is 2. The highest BCUT2D eigenvalue weighted by molar-refractivity contribution is 5.67. The zero-order chi connectivity index (χ0) is 16.4. The minimum atomic E-state index is -4.33. The summed E-state index contributed by atoms with van der Waals surface area (Å²) >= 11 is 0.